The zero-order valence-electron chi connectivity index (χ0n) is 22.3. The van der Waals surface area contributed by atoms with Crippen LogP contribution in [0.3, 0.4) is 0 Å². The van der Waals surface area contributed by atoms with Crippen molar-refractivity contribution in [3.8, 4) is 0 Å². The fraction of sp³-hybridized carbons (Fsp3) is 0.355. The van der Waals surface area contributed by atoms with Crippen molar-refractivity contribution < 1.29 is 29.3 Å². The lowest BCUT2D eigenvalue weighted by atomic mass is 9.99. The van der Waals surface area contributed by atoms with Gasteiger partial charge >= 0.3 is 5.97 Å². The summed E-state index contributed by atoms with van der Waals surface area (Å²) in [6, 6.07) is 25.5. The van der Waals surface area contributed by atoms with E-state index in [2.05, 4.69) is 36.3 Å². The van der Waals surface area contributed by atoms with E-state index in [1.807, 2.05) is 54.6 Å². The molecule has 0 unspecified atom stereocenters. The normalized spacial score (nSPS) is 19.9. The van der Waals surface area contributed by atoms with Crippen molar-refractivity contribution in [2.24, 2.45) is 0 Å². The highest BCUT2D eigenvalue weighted by molar-refractivity contribution is 5.92. The van der Waals surface area contributed by atoms with Crippen molar-refractivity contribution in [3.05, 3.63) is 101 Å². The van der Waals surface area contributed by atoms with Crippen molar-refractivity contribution in [1.29, 1.82) is 0 Å². The SMILES string of the molecule is C[C@@H](c1ccccc1)N(C)C[C@@H]1C[C@H](c2ccc(CO)cc2)O[C@H](c2cccc(NC(=O)CCC(=O)O)c2)O1. The first-order valence-electron chi connectivity index (χ1n) is 13.2. The Bertz CT molecular complexity index is 1230. The van der Waals surface area contributed by atoms with Crippen molar-refractivity contribution in [3.63, 3.8) is 0 Å². The molecule has 3 aromatic carbocycles. The Kier molecular flexibility index (Phi) is 9.84. The van der Waals surface area contributed by atoms with Gasteiger partial charge in [-0.2, -0.15) is 0 Å². The molecule has 0 spiro atoms. The van der Waals surface area contributed by atoms with Crippen molar-refractivity contribution in [2.75, 3.05) is 18.9 Å². The smallest absolute Gasteiger partial charge is 0.303 e. The molecule has 8 nitrogen and oxygen atoms in total. The summed E-state index contributed by atoms with van der Waals surface area (Å²) in [6.07, 6.45) is -0.689. The third-order valence-corrected chi connectivity index (χ3v) is 7.06. The lowest BCUT2D eigenvalue weighted by molar-refractivity contribution is -0.253. The van der Waals surface area contributed by atoms with Gasteiger partial charge in [0.05, 0.1) is 25.2 Å². The molecule has 4 atom stereocenters. The number of nitrogens with one attached hydrogen (secondary N) is 1. The summed E-state index contributed by atoms with van der Waals surface area (Å²) in [5.74, 6) is -1.38. The highest BCUT2D eigenvalue weighted by Gasteiger charge is 2.33. The first-order valence-corrected chi connectivity index (χ1v) is 13.2. The van der Waals surface area contributed by atoms with Gasteiger partial charge in [-0.05, 0) is 42.8 Å². The van der Waals surface area contributed by atoms with Crippen LogP contribution in [0.4, 0.5) is 5.69 Å². The number of carboxylic acids is 1. The molecule has 8 heteroatoms. The lowest BCUT2D eigenvalue weighted by Gasteiger charge is -2.39. The number of ether oxygens (including phenoxy) is 2. The average molecular weight is 533 g/mol. The molecular weight excluding hydrogens is 496 g/mol. The predicted octanol–water partition coefficient (Wildman–Crippen LogP) is 5.22. The summed E-state index contributed by atoms with van der Waals surface area (Å²) in [7, 11) is 2.09. The molecule has 3 N–H and O–H groups in total. The van der Waals surface area contributed by atoms with Gasteiger partial charge in [-0.15, -0.1) is 0 Å². The Morgan fingerprint density at radius 2 is 1.72 bits per heavy atom. The summed E-state index contributed by atoms with van der Waals surface area (Å²) in [6.45, 7) is 2.84. The number of aliphatic hydroxyl groups is 1. The third kappa shape index (κ3) is 7.97. The molecule has 3 aromatic rings. The minimum absolute atomic E-state index is 0.0205. The van der Waals surface area contributed by atoms with Gasteiger partial charge in [-0.1, -0.05) is 66.7 Å². The Balaban J connectivity index is 1.53. The van der Waals surface area contributed by atoms with Crippen molar-refractivity contribution in [2.45, 2.75) is 57.3 Å². The molecule has 1 heterocycles. The number of benzene rings is 3. The first kappa shape index (κ1) is 28.4. The number of rotatable bonds is 11. The zero-order valence-corrected chi connectivity index (χ0v) is 22.3. The second kappa shape index (κ2) is 13.5. The summed E-state index contributed by atoms with van der Waals surface area (Å²) < 4.78 is 12.9. The minimum atomic E-state index is -1.02. The van der Waals surface area contributed by atoms with Crippen molar-refractivity contribution >= 4 is 17.6 Å². The molecule has 0 saturated carbocycles. The van der Waals surface area contributed by atoms with E-state index < -0.39 is 12.3 Å². The topological polar surface area (TPSA) is 108 Å². The van der Waals surface area contributed by atoms with Crippen LogP contribution in [0.2, 0.25) is 0 Å². The standard InChI is InChI=1S/C31H36N2O6/c1-21(23-7-4-3-5-8-23)33(2)19-27-18-28(24-13-11-22(20-34)12-14-24)39-31(38-27)25-9-6-10-26(17-25)32-29(35)15-16-30(36)37/h3-14,17,21,27-28,31,34H,15-16,18-20H2,1-2H3,(H,32,35)(H,36,37)/t21-,27-,28+,31+/m0/s1. The number of anilines is 1. The molecule has 0 aromatic heterocycles. The maximum Gasteiger partial charge on any atom is 0.303 e. The number of carbonyl (C=O) groups excluding carboxylic acids is 1. The second-order valence-corrected chi connectivity index (χ2v) is 9.94. The number of amides is 1. The molecule has 1 amide bonds. The van der Waals surface area contributed by atoms with Gasteiger partial charge in [0.1, 0.15) is 0 Å². The van der Waals surface area contributed by atoms with Crippen LogP contribution in [-0.4, -0.2) is 46.7 Å². The number of aliphatic carboxylic acids is 1. The van der Waals surface area contributed by atoms with Crippen LogP contribution in [0.5, 0.6) is 0 Å². The molecule has 1 aliphatic rings. The highest BCUT2D eigenvalue weighted by atomic mass is 16.7. The van der Waals surface area contributed by atoms with Gasteiger partial charge in [0.25, 0.3) is 0 Å². The van der Waals surface area contributed by atoms with E-state index in [1.54, 1.807) is 12.1 Å². The second-order valence-electron chi connectivity index (χ2n) is 9.94. The van der Waals surface area contributed by atoms with E-state index in [0.717, 1.165) is 16.7 Å². The summed E-state index contributed by atoms with van der Waals surface area (Å²) in [5, 5.41) is 21.1. The van der Waals surface area contributed by atoms with Gasteiger partial charge in [0.2, 0.25) is 5.91 Å². The molecule has 1 aliphatic heterocycles. The molecule has 1 fully saturated rings. The molecule has 0 bridgehead atoms. The van der Waals surface area contributed by atoms with Crippen LogP contribution in [0.1, 0.15) is 66.9 Å². The Morgan fingerprint density at radius 3 is 2.41 bits per heavy atom. The number of hydrogen-bond acceptors (Lipinski definition) is 6. The van der Waals surface area contributed by atoms with Crippen LogP contribution in [0, 0.1) is 0 Å². The van der Waals surface area contributed by atoms with E-state index in [-0.39, 0.29) is 43.6 Å². The van der Waals surface area contributed by atoms with Crippen LogP contribution in [0.25, 0.3) is 0 Å². The maximum atomic E-state index is 12.2. The number of aliphatic hydroxyl groups excluding tert-OH is 1. The maximum absolute atomic E-state index is 12.2. The zero-order chi connectivity index (χ0) is 27.8. The molecular formula is C31H36N2O6. The minimum Gasteiger partial charge on any atom is -0.481 e. The van der Waals surface area contributed by atoms with Gasteiger partial charge in [-0.25, -0.2) is 0 Å². The lowest BCUT2D eigenvalue weighted by Crippen LogP contribution is -2.38. The Morgan fingerprint density at radius 1 is 0.974 bits per heavy atom. The largest absolute Gasteiger partial charge is 0.481 e. The first-order chi connectivity index (χ1) is 18.8. The van der Waals surface area contributed by atoms with Gasteiger partial charge < -0.3 is 25.0 Å². The molecule has 4 rings (SSSR count). The van der Waals surface area contributed by atoms with E-state index in [0.29, 0.717) is 18.7 Å². The van der Waals surface area contributed by atoms with Crippen LogP contribution in [-0.2, 0) is 25.7 Å². The van der Waals surface area contributed by atoms with Crippen LogP contribution < -0.4 is 5.32 Å². The molecule has 0 radical (unpaired) electrons. The summed E-state index contributed by atoms with van der Waals surface area (Å²) in [5.41, 5.74) is 4.37. The van der Waals surface area contributed by atoms with Crippen LogP contribution >= 0.6 is 0 Å². The third-order valence-electron chi connectivity index (χ3n) is 7.06. The summed E-state index contributed by atoms with van der Waals surface area (Å²) >= 11 is 0. The fourth-order valence-electron chi connectivity index (χ4n) is 4.71. The number of hydrogen-bond donors (Lipinski definition) is 3. The number of nitrogens with zero attached hydrogens (tertiary/aromatic N) is 1. The van der Waals surface area contributed by atoms with Crippen LogP contribution in [0.15, 0.2) is 78.9 Å². The highest BCUT2D eigenvalue weighted by Crippen LogP contribution is 2.39. The van der Waals surface area contributed by atoms with Gasteiger partial charge in [-0.3, -0.25) is 14.5 Å². The number of carbonyl (C=O) groups is 2. The molecule has 206 valence electrons. The average Bonchev–Trinajstić information content (AvgIpc) is 2.96. The quantitative estimate of drug-likeness (QED) is 0.311. The Labute approximate surface area is 229 Å². The van der Waals surface area contributed by atoms with Gasteiger partial charge in [0.15, 0.2) is 6.29 Å². The van der Waals surface area contributed by atoms with E-state index in [9.17, 15) is 14.7 Å². The monoisotopic (exact) mass is 532 g/mol. The van der Waals surface area contributed by atoms with E-state index in [4.69, 9.17) is 14.6 Å². The van der Waals surface area contributed by atoms with E-state index in [1.165, 1.54) is 5.56 Å². The summed E-state index contributed by atoms with van der Waals surface area (Å²) in [4.78, 5) is 25.3. The number of carboxylic acid groups (broad SMARTS) is 1. The van der Waals surface area contributed by atoms with Gasteiger partial charge in [0, 0.05) is 36.7 Å². The molecule has 1 saturated heterocycles. The molecule has 0 aliphatic carbocycles. The number of likely N-dealkylation sites (N-methyl/N-ethyl adjacent to an activating group) is 1. The Hall–Kier alpha value is -3.56. The van der Waals surface area contributed by atoms with Crippen molar-refractivity contribution in [1.82, 2.24) is 4.90 Å². The fourth-order valence-corrected chi connectivity index (χ4v) is 4.71. The molecule has 39 heavy (non-hydrogen) atoms. The predicted molar refractivity (Wildman–Crippen MR) is 148 cm³/mol. The van der Waals surface area contributed by atoms with E-state index >= 15 is 0 Å².